The van der Waals surface area contributed by atoms with Crippen LogP contribution < -0.4 is 5.32 Å². The summed E-state index contributed by atoms with van der Waals surface area (Å²) in [6.45, 7) is 3.63. The van der Waals surface area contributed by atoms with Crippen LogP contribution in [0.2, 0.25) is 0 Å². The van der Waals surface area contributed by atoms with Gasteiger partial charge in [0, 0.05) is 0 Å². The Bertz CT molecular complexity index is 1340. The Morgan fingerprint density at radius 3 is 1.12 bits per heavy atom. The van der Waals surface area contributed by atoms with Crippen LogP contribution >= 0.6 is 0 Å². The summed E-state index contributed by atoms with van der Waals surface area (Å²) in [6.07, 6.45) is 65.9. The fraction of sp³-hybridized carbons (Fsp3) is 0.897. The van der Waals surface area contributed by atoms with Crippen molar-refractivity contribution < 1.29 is 44.9 Å². The van der Waals surface area contributed by atoms with Crippen LogP contribution in [0.5, 0.6) is 0 Å². The third-order valence-electron chi connectivity index (χ3n) is 16.3. The van der Waals surface area contributed by atoms with E-state index in [0.717, 1.165) is 32.1 Å². The molecule has 10 heteroatoms. The highest BCUT2D eigenvalue weighted by atomic mass is 16.7. The van der Waals surface area contributed by atoms with E-state index in [1.165, 1.54) is 263 Å². The second-order valence-corrected chi connectivity index (χ2v) is 23.8. The minimum absolute atomic E-state index is 0.306. The van der Waals surface area contributed by atoms with Crippen molar-refractivity contribution in [3.05, 3.63) is 36.5 Å². The fourth-order valence-electron chi connectivity index (χ4n) is 10.9. The number of hydrogen-bond acceptors (Lipinski definition) is 9. The Labute approximate surface area is 481 Å². The molecule has 0 bridgehead atoms. The van der Waals surface area contributed by atoms with Gasteiger partial charge in [-0.25, -0.2) is 0 Å². The van der Waals surface area contributed by atoms with Crippen molar-refractivity contribution in [2.45, 2.75) is 377 Å². The van der Waals surface area contributed by atoms with Crippen molar-refractivity contribution in [2.24, 2.45) is 0 Å². The van der Waals surface area contributed by atoms with Crippen molar-refractivity contribution in [1.29, 1.82) is 0 Å². The SMILES string of the molecule is CCCCCCCCCCC/C=C/CC/C=C/C(O)C(COC1OC(CO)C(O)C(O)C1O)NC(=O)C(O)CCCCCCCCCCCCCCCCCC/C=C\CCCCCCCCCCCCCCCCCCCC. The molecule has 78 heavy (non-hydrogen) atoms. The zero-order chi connectivity index (χ0) is 56.6. The molecule has 460 valence electrons. The van der Waals surface area contributed by atoms with Gasteiger partial charge in [0.05, 0.1) is 25.4 Å². The molecule has 1 aliphatic rings. The molecule has 0 spiro atoms. The first-order valence-corrected chi connectivity index (χ1v) is 33.8. The quantitative estimate of drug-likeness (QED) is 0.0232. The maximum absolute atomic E-state index is 13.2. The van der Waals surface area contributed by atoms with E-state index in [0.29, 0.717) is 19.3 Å². The lowest BCUT2D eigenvalue weighted by molar-refractivity contribution is -0.302. The standard InChI is InChI=1S/C68H129NO9/c1-3-5-7-9-11-13-15-17-19-20-21-22-23-24-25-26-27-28-29-30-31-32-33-34-35-36-37-38-39-40-41-43-45-47-49-51-53-55-57-62(72)67(76)69-60(59-77-68-66(75)65(74)64(73)63(58-70)78-68)61(71)56-54-52-50-48-46-44-42-18-16-14-12-10-8-6-4-2/h30-31,46,48,54,56,60-66,68,70-75H,3-29,32-45,47,49-53,55,57-59H2,1-2H3,(H,69,76)/b31-30-,48-46+,56-54+. The molecule has 8 atom stereocenters. The first kappa shape index (κ1) is 74.4. The van der Waals surface area contributed by atoms with E-state index < -0.39 is 61.5 Å². The Balaban J connectivity index is 2.09. The zero-order valence-corrected chi connectivity index (χ0v) is 51.1. The molecular formula is C68H129NO9. The van der Waals surface area contributed by atoms with Gasteiger partial charge in [0.25, 0.3) is 0 Å². The van der Waals surface area contributed by atoms with E-state index in [4.69, 9.17) is 9.47 Å². The summed E-state index contributed by atoms with van der Waals surface area (Å²) in [6, 6.07) is -0.997. The number of hydrogen-bond donors (Lipinski definition) is 7. The van der Waals surface area contributed by atoms with E-state index in [1.54, 1.807) is 6.08 Å². The topological polar surface area (TPSA) is 169 Å². The summed E-state index contributed by atoms with van der Waals surface area (Å²) in [7, 11) is 0. The lowest BCUT2D eigenvalue weighted by Crippen LogP contribution is -2.60. The molecule has 1 saturated heterocycles. The van der Waals surface area contributed by atoms with Crippen LogP contribution in [0.3, 0.4) is 0 Å². The molecule has 10 nitrogen and oxygen atoms in total. The highest BCUT2D eigenvalue weighted by Gasteiger charge is 2.44. The number of ether oxygens (including phenoxy) is 2. The summed E-state index contributed by atoms with van der Waals surface area (Å²) in [4.78, 5) is 13.2. The van der Waals surface area contributed by atoms with Crippen LogP contribution in [0.1, 0.15) is 328 Å². The van der Waals surface area contributed by atoms with Crippen molar-refractivity contribution in [3.8, 4) is 0 Å². The van der Waals surface area contributed by atoms with Crippen molar-refractivity contribution in [2.75, 3.05) is 13.2 Å². The monoisotopic (exact) mass is 1100 g/mol. The van der Waals surface area contributed by atoms with Crippen LogP contribution in [0.4, 0.5) is 0 Å². The molecule has 0 radical (unpaired) electrons. The predicted octanol–water partition coefficient (Wildman–Crippen LogP) is 16.8. The summed E-state index contributed by atoms with van der Waals surface area (Å²) >= 11 is 0. The third-order valence-corrected chi connectivity index (χ3v) is 16.3. The largest absolute Gasteiger partial charge is 0.394 e. The Morgan fingerprint density at radius 1 is 0.436 bits per heavy atom. The minimum atomic E-state index is -1.62. The lowest BCUT2D eigenvalue weighted by Gasteiger charge is -2.40. The van der Waals surface area contributed by atoms with Crippen LogP contribution in [0.15, 0.2) is 36.5 Å². The summed E-state index contributed by atoms with van der Waals surface area (Å²) in [5, 5.41) is 65.1. The number of carbonyl (C=O) groups excluding carboxylic acids is 1. The van der Waals surface area contributed by atoms with Crippen LogP contribution in [0.25, 0.3) is 0 Å². The smallest absolute Gasteiger partial charge is 0.249 e. The number of amides is 1. The number of rotatable bonds is 59. The van der Waals surface area contributed by atoms with Gasteiger partial charge >= 0.3 is 0 Å². The fourth-order valence-corrected chi connectivity index (χ4v) is 10.9. The van der Waals surface area contributed by atoms with Gasteiger partial charge in [-0.2, -0.15) is 0 Å². The molecule has 0 aromatic carbocycles. The average Bonchev–Trinajstić information content (AvgIpc) is 3.44. The molecular weight excluding hydrogens is 975 g/mol. The summed E-state index contributed by atoms with van der Waals surface area (Å²) < 4.78 is 11.2. The minimum Gasteiger partial charge on any atom is -0.394 e. The molecule has 1 amide bonds. The number of unbranched alkanes of at least 4 members (excludes halogenated alkanes) is 44. The van der Waals surface area contributed by atoms with Gasteiger partial charge in [-0.05, 0) is 57.8 Å². The molecule has 0 saturated carbocycles. The van der Waals surface area contributed by atoms with E-state index in [-0.39, 0.29) is 6.61 Å². The van der Waals surface area contributed by atoms with Gasteiger partial charge in [-0.1, -0.05) is 307 Å². The van der Waals surface area contributed by atoms with Crippen molar-refractivity contribution in [1.82, 2.24) is 5.32 Å². The highest BCUT2D eigenvalue weighted by Crippen LogP contribution is 2.23. The Kier molecular flexibility index (Phi) is 54.5. The molecule has 1 heterocycles. The first-order chi connectivity index (χ1) is 38.3. The van der Waals surface area contributed by atoms with E-state index in [2.05, 4.69) is 43.5 Å². The van der Waals surface area contributed by atoms with Crippen molar-refractivity contribution in [3.63, 3.8) is 0 Å². The van der Waals surface area contributed by atoms with Gasteiger partial charge in [-0.15, -0.1) is 0 Å². The Morgan fingerprint density at radius 2 is 0.756 bits per heavy atom. The van der Waals surface area contributed by atoms with Crippen LogP contribution in [0, 0.1) is 0 Å². The molecule has 1 aliphatic heterocycles. The average molecular weight is 1100 g/mol. The maximum atomic E-state index is 13.2. The van der Waals surface area contributed by atoms with Crippen LogP contribution in [-0.2, 0) is 14.3 Å². The van der Waals surface area contributed by atoms with Crippen molar-refractivity contribution >= 4 is 5.91 Å². The zero-order valence-electron chi connectivity index (χ0n) is 51.1. The molecule has 1 fully saturated rings. The first-order valence-electron chi connectivity index (χ1n) is 33.8. The van der Waals surface area contributed by atoms with E-state index >= 15 is 0 Å². The molecule has 0 aromatic heterocycles. The van der Waals surface area contributed by atoms with E-state index in [9.17, 15) is 35.4 Å². The number of nitrogens with one attached hydrogen (secondary N) is 1. The molecule has 1 rings (SSSR count). The van der Waals surface area contributed by atoms with Gasteiger partial charge in [0.1, 0.15) is 30.5 Å². The third kappa shape index (κ3) is 45.0. The second-order valence-electron chi connectivity index (χ2n) is 23.8. The molecule has 7 N–H and O–H groups in total. The van der Waals surface area contributed by atoms with Gasteiger partial charge in [0.2, 0.25) is 5.91 Å². The Hall–Kier alpha value is -1.63. The number of aliphatic hydroxyl groups excluding tert-OH is 6. The normalized spacial score (nSPS) is 19.2. The number of aliphatic hydroxyl groups is 6. The van der Waals surface area contributed by atoms with Gasteiger partial charge in [-0.3, -0.25) is 4.79 Å². The molecule has 8 unspecified atom stereocenters. The summed E-state index contributed by atoms with van der Waals surface area (Å²) in [5.41, 5.74) is 0. The lowest BCUT2D eigenvalue weighted by atomic mass is 9.99. The number of carbonyl (C=O) groups is 1. The van der Waals surface area contributed by atoms with Gasteiger partial charge < -0.3 is 45.4 Å². The van der Waals surface area contributed by atoms with Gasteiger partial charge in [0.15, 0.2) is 6.29 Å². The second kappa shape index (κ2) is 57.2. The highest BCUT2D eigenvalue weighted by molar-refractivity contribution is 5.80. The van der Waals surface area contributed by atoms with Crippen LogP contribution in [-0.4, -0.2) is 98.7 Å². The maximum Gasteiger partial charge on any atom is 0.249 e. The predicted molar refractivity (Wildman–Crippen MR) is 329 cm³/mol. The molecule has 0 aliphatic carbocycles. The number of allylic oxidation sites excluding steroid dienone is 5. The summed E-state index contributed by atoms with van der Waals surface area (Å²) in [5.74, 6) is -0.622. The van der Waals surface area contributed by atoms with E-state index in [1.807, 2.05) is 6.08 Å². The molecule has 0 aromatic rings.